The SMILES string of the molecule is Cc1cccc2c1CC(c1cc(C)c3cc(-c4ccc5c(ccn5C)c4C)[nH]c3c1)N2C. The summed E-state index contributed by atoms with van der Waals surface area (Å²) in [5, 5.41) is 2.63. The lowest BCUT2D eigenvalue weighted by Crippen LogP contribution is -2.19. The molecule has 0 amide bonds. The summed E-state index contributed by atoms with van der Waals surface area (Å²) in [4.78, 5) is 6.20. The van der Waals surface area contributed by atoms with Gasteiger partial charge in [0.2, 0.25) is 0 Å². The Bertz CT molecular complexity index is 1520. The summed E-state index contributed by atoms with van der Waals surface area (Å²) in [6, 6.07) is 20.8. The molecule has 32 heavy (non-hydrogen) atoms. The molecule has 1 aliphatic rings. The van der Waals surface area contributed by atoms with Gasteiger partial charge in [0.05, 0.1) is 6.04 Å². The second-order valence-corrected chi connectivity index (χ2v) is 9.48. The molecule has 3 nitrogen and oxygen atoms in total. The number of hydrogen-bond acceptors (Lipinski definition) is 1. The summed E-state index contributed by atoms with van der Waals surface area (Å²) in [6.45, 7) is 6.70. The van der Waals surface area contributed by atoms with Crippen LogP contribution in [0.25, 0.3) is 33.1 Å². The van der Waals surface area contributed by atoms with Crippen LogP contribution in [0.2, 0.25) is 0 Å². The van der Waals surface area contributed by atoms with E-state index < -0.39 is 0 Å². The minimum atomic E-state index is 0.378. The Morgan fingerprint density at radius 2 is 1.72 bits per heavy atom. The molecule has 0 aliphatic carbocycles. The number of H-pyrrole nitrogens is 1. The van der Waals surface area contributed by atoms with E-state index in [0.29, 0.717) is 6.04 Å². The fraction of sp³-hybridized carbons (Fsp3) is 0.241. The molecule has 0 saturated carbocycles. The second-order valence-electron chi connectivity index (χ2n) is 9.48. The first-order valence-electron chi connectivity index (χ1n) is 11.4. The molecule has 2 aromatic heterocycles. The van der Waals surface area contributed by atoms with Gasteiger partial charge in [-0.05, 0) is 85.3 Å². The Morgan fingerprint density at radius 3 is 2.53 bits per heavy atom. The van der Waals surface area contributed by atoms with Crippen LogP contribution in [0.1, 0.15) is 33.9 Å². The third-order valence-corrected chi connectivity index (χ3v) is 7.61. The van der Waals surface area contributed by atoms with Gasteiger partial charge in [0, 0.05) is 59.0 Å². The Hall–Kier alpha value is -3.46. The Balaban J connectivity index is 1.44. The predicted molar refractivity (Wildman–Crippen MR) is 136 cm³/mol. The van der Waals surface area contributed by atoms with Crippen molar-refractivity contribution in [2.45, 2.75) is 33.2 Å². The zero-order valence-corrected chi connectivity index (χ0v) is 19.5. The van der Waals surface area contributed by atoms with E-state index in [0.717, 1.165) is 6.42 Å². The first-order chi connectivity index (χ1) is 15.4. The largest absolute Gasteiger partial charge is 0.367 e. The first kappa shape index (κ1) is 19.2. The topological polar surface area (TPSA) is 24.0 Å². The molecule has 1 unspecified atom stereocenters. The number of aromatic amines is 1. The van der Waals surface area contributed by atoms with Crippen molar-refractivity contribution in [3.05, 3.63) is 88.6 Å². The van der Waals surface area contributed by atoms with E-state index in [1.807, 2.05) is 0 Å². The molecule has 3 heterocycles. The van der Waals surface area contributed by atoms with Crippen LogP contribution in [0, 0.1) is 20.8 Å². The number of hydrogen-bond donors (Lipinski definition) is 1. The highest BCUT2D eigenvalue weighted by atomic mass is 15.2. The van der Waals surface area contributed by atoms with Crippen LogP contribution >= 0.6 is 0 Å². The van der Waals surface area contributed by atoms with E-state index in [2.05, 4.69) is 110 Å². The number of nitrogens with zero attached hydrogens (tertiary/aromatic N) is 2. The maximum absolute atomic E-state index is 3.75. The van der Waals surface area contributed by atoms with Crippen LogP contribution in [0.4, 0.5) is 5.69 Å². The number of benzene rings is 3. The van der Waals surface area contributed by atoms with Crippen molar-refractivity contribution < 1.29 is 0 Å². The number of rotatable bonds is 2. The van der Waals surface area contributed by atoms with Crippen LogP contribution in [0.3, 0.4) is 0 Å². The van der Waals surface area contributed by atoms with Gasteiger partial charge >= 0.3 is 0 Å². The highest BCUT2D eigenvalue weighted by Crippen LogP contribution is 2.42. The molecule has 0 spiro atoms. The summed E-state index contributed by atoms with van der Waals surface area (Å²) in [6.07, 6.45) is 3.21. The standard InChI is InChI=1S/C29H29N3/c1-17-7-6-8-28-24(17)16-29(32(28)5)20-13-18(2)23-15-26(30-25(23)14-20)21-9-10-27-22(19(21)3)11-12-31(27)4/h6-15,29-30H,16H2,1-5H3. The molecule has 1 aliphatic heterocycles. The molecule has 3 heteroatoms. The fourth-order valence-electron chi connectivity index (χ4n) is 5.70. The molecule has 1 N–H and O–H groups in total. The highest BCUT2D eigenvalue weighted by Gasteiger charge is 2.29. The van der Waals surface area contributed by atoms with Gasteiger partial charge in [-0.3, -0.25) is 0 Å². The van der Waals surface area contributed by atoms with Crippen LogP contribution in [-0.2, 0) is 13.5 Å². The minimum Gasteiger partial charge on any atom is -0.367 e. The Morgan fingerprint density at radius 1 is 0.875 bits per heavy atom. The zero-order valence-electron chi connectivity index (χ0n) is 19.5. The summed E-state index contributed by atoms with van der Waals surface area (Å²) in [5.41, 5.74) is 13.3. The third kappa shape index (κ3) is 2.67. The van der Waals surface area contributed by atoms with E-state index in [1.54, 1.807) is 0 Å². The summed E-state index contributed by atoms with van der Waals surface area (Å²) in [5.74, 6) is 0. The summed E-state index contributed by atoms with van der Waals surface area (Å²) in [7, 11) is 4.34. The van der Waals surface area contributed by atoms with E-state index in [4.69, 9.17) is 0 Å². The number of nitrogens with one attached hydrogen (secondary N) is 1. The third-order valence-electron chi connectivity index (χ3n) is 7.61. The molecule has 0 bridgehead atoms. The maximum atomic E-state index is 3.75. The number of aryl methyl sites for hydroxylation is 4. The van der Waals surface area contributed by atoms with Gasteiger partial charge in [-0.15, -0.1) is 0 Å². The summed E-state index contributed by atoms with van der Waals surface area (Å²) >= 11 is 0. The molecule has 0 saturated heterocycles. The molecule has 0 radical (unpaired) electrons. The van der Waals surface area contributed by atoms with Crippen molar-refractivity contribution in [3.8, 4) is 11.3 Å². The van der Waals surface area contributed by atoms with Gasteiger partial charge in [0.15, 0.2) is 0 Å². The molecule has 1 atom stereocenters. The number of fused-ring (bicyclic) bond motifs is 3. The van der Waals surface area contributed by atoms with Crippen molar-refractivity contribution in [2.75, 3.05) is 11.9 Å². The molecular weight excluding hydrogens is 390 g/mol. The molecular formula is C29H29N3. The molecule has 6 rings (SSSR count). The monoisotopic (exact) mass is 419 g/mol. The van der Waals surface area contributed by atoms with Crippen LogP contribution in [0.15, 0.2) is 60.8 Å². The highest BCUT2D eigenvalue weighted by molar-refractivity contribution is 5.94. The normalized spacial score (nSPS) is 15.8. The molecule has 3 aromatic carbocycles. The van der Waals surface area contributed by atoms with Gasteiger partial charge in [-0.2, -0.15) is 0 Å². The van der Waals surface area contributed by atoms with Crippen LogP contribution in [0.5, 0.6) is 0 Å². The number of aromatic nitrogens is 2. The van der Waals surface area contributed by atoms with Gasteiger partial charge < -0.3 is 14.5 Å². The van der Waals surface area contributed by atoms with E-state index in [-0.39, 0.29) is 0 Å². The van der Waals surface area contributed by atoms with Gasteiger partial charge in [-0.25, -0.2) is 0 Å². The van der Waals surface area contributed by atoms with Gasteiger partial charge in [-0.1, -0.05) is 24.3 Å². The van der Waals surface area contributed by atoms with Crippen LogP contribution in [-0.4, -0.2) is 16.6 Å². The maximum Gasteiger partial charge on any atom is 0.0581 e. The van der Waals surface area contributed by atoms with Gasteiger partial charge in [0.1, 0.15) is 0 Å². The lowest BCUT2D eigenvalue weighted by Gasteiger charge is -2.23. The average molecular weight is 420 g/mol. The zero-order chi connectivity index (χ0) is 22.1. The van der Waals surface area contributed by atoms with Crippen molar-refractivity contribution in [1.82, 2.24) is 9.55 Å². The lowest BCUT2D eigenvalue weighted by atomic mass is 9.97. The van der Waals surface area contributed by atoms with Crippen molar-refractivity contribution >= 4 is 27.5 Å². The molecule has 160 valence electrons. The average Bonchev–Trinajstić information content (AvgIpc) is 3.46. The number of likely N-dealkylation sites (N-methyl/N-ethyl adjacent to an activating group) is 1. The molecule has 0 fully saturated rings. The fourth-order valence-corrected chi connectivity index (χ4v) is 5.70. The Kier molecular flexibility index (Phi) is 4.07. The van der Waals surface area contributed by atoms with E-state index in [9.17, 15) is 0 Å². The van der Waals surface area contributed by atoms with E-state index in [1.165, 1.54) is 66.6 Å². The van der Waals surface area contributed by atoms with Crippen molar-refractivity contribution in [1.29, 1.82) is 0 Å². The first-order valence-corrected chi connectivity index (χ1v) is 11.4. The smallest absolute Gasteiger partial charge is 0.0581 e. The molecule has 5 aromatic rings. The quantitative estimate of drug-likeness (QED) is 0.328. The van der Waals surface area contributed by atoms with Crippen molar-refractivity contribution in [3.63, 3.8) is 0 Å². The van der Waals surface area contributed by atoms with Crippen LogP contribution < -0.4 is 4.90 Å². The minimum absolute atomic E-state index is 0.378. The second kappa shape index (κ2) is 6.77. The van der Waals surface area contributed by atoms with Crippen molar-refractivity contribution in [2.24, 2.45) is 7.05 Å². The lowest BCUT2D eigenvalue weighted by molar-refractivity contribution is 0.715. The predicted octanol–water partition coefficient (Wildman–Crippen LogP) is 6.99. The van der Waals surface area contributed by atoms with Gasteiger partial charge in [0.25, 0.3) is 0 Å². The Labute approximate surface area is 189 Å². The summed E-state index contributed by atoms with van der Waals surface area (Å²) < 4.78 is 2.19. The van der Waals surface area contributed by atoms with E-state index >= 15 is 0 Å². The number of anilines is 1.